The van der Waals surface area contributed by atoms with E-state index in [4.69, 9.17) is 9.47 Å². The van der Waals surface area contributed by atoms with Crippen LogP contribution in [-0.4, -0.2) is 25.2 Å². The summed E-state index contributed by atoms with van der Waals surface area (Å²) < 4.78 is 9.87. The van der Waals surface area contributed by atoms with Crippen LogP contribution in [0.25, 0.3) is 0 Å². The Morgan fingerprint density at radius 1 is 0.833 bits per heavy atom. The van der Waals surface area contributed by atoms with Gasteiger partial charge in [-0.25, -0.2) is 9.59 Å². The Balaban J connectivity index is 4.11. The van der Waals surface area contributed by atoms with Gasteiger partial charge in [0.2, 0.25) is 0 Å². The lowest BCUT2D eigenvalue weighted by Crippen LogP contribution is -2.16. The minimum Gasteiger partial charge on any atom is -0.462 e. The minimum atomic E-state index is -0.610. The SMILES string of the molecule is C=C(C(=C)C(=O)OCCCC)C(=O)OCCCC. The maximum atomic E-state index is 11.5. The lowest BCUT2D eigenvalue weighted by Gasteiger charge is -2.09. The molecule has 4 nitrogen and oxygen atoms in total. The van der Waals surface area contributed by atoms with Crippen LogP contribution >= 0.6 is 0 Å². The largest absolute Gasteiger partial charge is 0.462 e. The number of hydrogen-bond acceptors (Lipinski definition) is 4. The summed E-state index contributed by atoms with van der Waals surface area (Å²) in [5, 5.41) is 0. The van der Waals surface area contributed by atoms with Crippen LogP contribution in [0.2, 0.25) is 0 Å². The molecule has 102 valence electrons. The Bertz CT molecular complexity index is 286. The second kappa shape index (κ2) is 9.45. The Kier molecular flexibility index (Phi) is 8.62. The molecule has 0 bridgehead atoms. The van der Waals surface area contributed by atoms with Gasteiger partial charge in [0.1, 0.15) is 0 Å². The predicted octanol–water partition coefficient (Wildman–Crippen LogP) is 2.79. The van der Waals surface area contributed by atoms with Gasteiger partial charge in [0.25, 0.3) is 0 Å². The molecule has 0 aromatic rings. The first kappa shape index (κ1) is 16.4. The van der Waals surface area contributed by atoms with Gasteiger partial charge in [-0.05, 0) is 12.8 Å². The summed E-state index contributed by atoms with van der Waals surface area (Å²) in [6.07, 6.45) is 3.43. The summed E-state index contributed by atoms with van der Waals surface area (Å²) in [5.74, 6) is -1.22. The van der Waals surface area contributed by atoms with Crippen molar-refractivity contribution in [3.63, 3.8) is 0 Å². The number of carbonyl (C=O) groups excluding carboxylic acids is 2. The molecule has 0 saturated carbocycles. The topological polar surface area (TPSA) is 52.6 Å². The molecular formula is C14H22O4. The number of hydrogen-bond donors (Lipinski definition) is 0. The molecule has 0 radical (unpaired) electrons. The summed E-state index contributed by atoms with van der Waals surface area (Å²) in [6, 6.07) is 0. The van der Waals surface area contributed by atoms with Gasteiger partial charge in [0.05, 0.1) is 24.4 Å². The van der Waals surface area contributed by atoms with Crippen LogP contribution in [0.1, 0.15) is 39.5 Å². The molecule has 0 heterocycles. The summed E-state index contributed by atoms with van der Waals surface area (Å²) in [7, 11) is 0. The Morgan fingerprint density at radius 3 is 1.44 bits per heavy atom. The highest BCUT2D eigenvalue weighted by Gasteiger charge is 2.19. The summed E-state index contributed by atoms with van der Waals surface area (Å²) in [5.41, 5.74) is -0.0693. The van der Waals surface area contributed by atoms with Crippen molar-refractivity contribution in [2.24, 2.45) is 0 Å². The fourth-order valence-corrected chi connectivity index (χ4v) is 1.04. The van der Waals surface area contributed by atoms with Crippen LogP contribution < -0.4 is 0 Å². The van der Waals surface area contributed by atoms with E-state index >= 15 is 0 Å². The van der Waals surface area contributed by atoms with Crippen molar-refractivity contribution in [2.75, 3.05) is 13.2 Å². The zero-order valence-corrected chi connectivity index (χ0v) is 11.3. The molecule has 0 aliphatic rings. The van der Waals surface area contributed by atoms with E-state index in [1.807, 2.05) is 13.8 Å². The van der Waals surface area contributed by atoms with Crippen molar-refractivity contribution >= 4 is 11.9 Å². The second-order valence-electron chi connectivity index (χ2n) is 3.94. The molecule has 0 saturated heterocycles. The highest BCUT2D eigenvalue weighted by Crippen LogP contribution is 2.10. The van der Waals surface area contributed by atoms with Crippen molar-refractivity contribution in [3.8, 4) is 0 Å². The van der Waals surface area contributed by atoms with Crippen LogP contribution in [0.3, 0.4) is 0 Å². The number of carbonyl (C=O) groups is 2. The maximum Gasteiger partial charge on any atom is 0.338 e. The fourth-order valence-electron chi connectivity index (χ4n) is 1.04. The molecular weight excluding hydrogens is 232 g/mol. The van der Waals surface area contributed by atoms with Gasteiger partial charge in [-0.3, -0.25) is 0 Å². The van der Waals surface area contributed by atoms with Crippen LogP contribution in [0.4, 0.5) is 0 Å². The van der Waals surface area contributed by atoms with Crippen molar-refractivity contribution < 1.29 is 19.1 Å². The molecule has 0 rings (SSSR count). The molecule has 0 amide bonds. The van der Waals surface area contributed by atoms with Gasteiger partial charge in [-0.1, -0.05) is 39.8 Å². The second-order valence-corrected chi connectivity index (χ2v) is 3.94. The van der Waals surface area contributed by atoms with Crippen LogP contribution in [0.15, 0.2) is 24.3 Å². The highest BCUT2D eigenvalue weighted by molar-refractivity contribution is 6.06. The molecule has 18 heavy (non-hydrogen) atoms. The molecule has 4 heteroatoms. The van der Waals surface area contributed by atoms with E-state index in [0.29, 0.717) is 13.2 Å². The zero-order chi connectivity index (χ0) is 14.0. The quantitative estimate of drug-likeness (QED) is 0.275. The monoisotopic (exact) mass is 254 g/mol. The minimum absolute atomic E-state index is 0.0346. The predicted molar refractivity (Wildman–Crippen MR) is 70.0 cm³/mol. The average molecular weight is 254 g/mol. The van der Waals surface area contributed by atoms with Gasteiger partial charge in [0, 0.05) is 0 Å². The molecule has 0 unspecified atom stereocenters. The number of unbranched alkanes of at least 4 members (excludes halogenated alkanes) is 2. The first-order valence-corrected chi connectivity index (χ1v) is 6.27. The third-order valence-electron chi connectivity index (χ3n) is 2.32. The van der Waals surface area contributed by atoms with Gasteiger partial charge >= 0.3 is 11.9 Å². The molecule has 0 spiro atoms. The number of rotatable bonds is 9. The first-order chi connectivity index (χ1) is 8.54. The maximum absolute atomic E-state index is 11.5. The third kappa shape index (κ3) is 6.23. The summed E-state index contributed by atoms with van der Waals surface area (Å²) in [4.78, 5) is 23.0. The van der Waals surface area contributed by atoms with E-state index < -0.39 is 11.9 Å². The Hall–Kier alpha value is -1.58. The third-order valence-corrected chi connectivity index (χ3v) is 2.32. The highest BCUT2D eigenvalue weighted by atomic mass is 16.5. The molecule has 0 fully saturated rings. The fraction of sp³-hybridized carbons (Fsp3) is 0.571. The Labute approximate surface area is 109 Å². The first-order valence-electron chi connectivity index (χ1n) is 6.27. The number of esters is 2. The molecule has 0 aliphatic heterocycles. The van der Waals surface area contributed by atoms with Gasteiger partial charge < -0.3 is 9.47 Å². The Morgan fingerprint density at radius 2 is 1.17 bits per heavy atom. The molecule has 0 N–H and O–H groups in total. The van der Waals surface area contributed by atoms with Crippen LogP contribution in [-0.2, 0) is 19.1 Å². The van der Waals surface area contributed by atoms with Crippen molar-refractivity contribution in [2.45, 2.75) is 39.5 Å². The van der Waals surface area contributed by atoms with E-state index in [1.54, 1.807) is 0 Å². The van der Waals surface area contributed by atoms with Crippen LogP contribution in [0.5, 0.6) is 0 Å². The van der Waals surface area contributed by atoms with E-state index in [0.717, 1.165) is 25.7 Å². The molecule has 0 aromatic heterocycles. The molecule has 0 atom stereocenters. The summed E-state index contributed by atoms with van der Waals surface area (Å²) >= 11 is 0. The van der Waals surface area contributed by atoms with Crippen molar-refractivity contribution in [1.82, 2.24) is 0 Å². The van der Waals surface area contributed by atoms with E-state index in [-0.39, 0.29) is 11.1 Å². The van der Waals surface area contributed by atoms with Crippen molar-refractivity contribution in [1.29, 1.82) is 0 Å². The van der Waals surface area contributed by atoms with Crippen LogP contribution in [0, 0.1) is 0 Å². The van der Waals surface area contributed by atoms with Crippen molar-refractivity contribution in [3.05, 3.63) is 24.3 Å². The normalized spacial score (nSPS) is 9.67. The number of ether oxygens (including phenoxy) is 2. The molecule has 0 aliphatic carbocycles. The lowest BCUT2D eigenvalue weighted by molar-refractivity contribution is -0.142. The molecule has 0 aromatic carbocycles. The lowest BCUT2D eigenvalue weighted by atomic mass is 10.1. The zero-order valence-electron chi connectivity index (χ0n) is 11.3. The average Bonchev–Trinajstić information content (AvgIpc) is 2.37. The summed E-state index contributed by atoms with van der Waals surface area (Å²) in [6.45, 7) is 11.7. The van der Waals surface area contributed by atoms with E-state index in [2.05, 4.69) is 13.2 Å². The van der Waals surface area contributed by atoms with Gasteiger partial charge in [-0.2, -0.15) is 0 Å². The van der Waals surface area contributed by atoms with E-state index in [9.17, 15) is 9.59 Å². The smallest absolute Gasteiger partial charge is 0.338 e. The van der Waals surface area contributed by atoms with E-state index in [1.165, 1.54) is 0 Å². The standard InChI is InChI=1S/C14H22O4/c1-5-7-9-17-13(15)11(3)12(4)14(16)18-10-8-6-2/h3-10H2,1-2H3. The van der Waals surface area contributed by atoms with Gasteiger partial charge in [-0.15, -0.1) is 0 Å². The van der Waals surface area contributed by atoms with Gasteiger partial charge in [0.15, 0.2) is 0 Å².